The van der Waals surface area contributed by atoms with Gasteiger partial charge in [0, 0.05) is 12.8 Å². The summed E-state index contributed by atoms with van der Waals surface area (Å²) in [4.78, 5) is 48.4. The summed E-state index contributed by atoms with van der Waals surface area (Å²) in [5.41, 5.74) is 0. The van der Waals surface area contributed by atoms with Crippen LogP contribution in [-0.2, 0) is 28.7 Å². The first-order valence-corrected chi connectivity index (χ1v) is 22.7. The van der Waals surface area contributed by atoms with Crippen molar-refractivity contribution in [2.45, 2.75) is 251 Å². The number of nitrogens with one attached hydrogen (secondary N) is 1. The number of ether oxygens (including phenoxy) is 2. The van der Waals surface area contributed by atoms with E-state index in [1.807, 2.05) is 0 Å². The lowest BCUT2D eigenvalue weighted by molar-refractivity contribution is -0.149. The lowest BCUT2D eigenvalue weighted by atomic mass is 10.0. The molecule has 1 amide bonds. The molecule has 0 unspecified atom stereocenters. The minimum Gasteiger partial charge on any atom is -0.481 e. The number of carbonyl (C=O) groups excluding carboxylic acids is 3. The number of unbranched alkanes of at least 4 members (excludes halogenated alkanes) is 30. The molecule has 0 radical (unpaired) electrons. The van der Waals surface area contributed by atoms with Gasteiger partial charge < -0.3 is 19.9 Å². The Morgan fingerprint density at radius 1 is 0.434 bits per heavy atom. The minimum absolute atomic E-state index is 0.0170. The van der Waals surface area contributed by atoms with Crippen LogP contribution < -0.4 is 5.32 Å². The zero-order valence-corrected chi connectivity index (χ0v) is 34.8. The molecule has 0 aliphatic heterocycles. The predicted molar refractivity (Wildman–Crippen MR) is 219 cm³/mol. The van der Waals surface area contributed by atoms with Crippen molar-refractivity contribution < 1.29 is 33.8 Å². The molecule has 0 spiro atoms. The number of carboxylic acid groups (broad SMARTS) is 1. The van der Waals surface area contributed by atoms with Gasteiger partial charge in [0.15, 0.2) is 0 Å². The normalized spacial score (nSPS) is 11.7. The van der Waals surface area contributed by atoms with E-state index in [0.29, 0.717) is 6.61 Å². The van der Waals surface area contributed by atoms with Crippen LogP contribution in [0.15, 0.2) is 0 Å². The van der Waals surface area contributed by atoms with Crippen molar-refractivity contribution in [1.82, 2.24) is 5.32 Å². The molecular weight excluding hydrogens is 666 g/mol. The Balaban J connectivity index is 3.99. The molecule has 53 heavy (non-hydrogen) atoms. The summed E-state index contributed by atoms with van der Waals surface area (Å²) < 4.78 is 10.8. The van der Waals surface area contributed by atoms with Gasteiger partial charge in [0.2, 0.25) is 5.91 Å². The Morgan fingerprint density at radius 3 is 1.09 bits per heavy atom. The summed E-state index contributed by atoms with van der Waals surface area (Å²) in [6, 6.07) is -1.000. The Bertz CT molecular complexity index is 849. The summed E-state index contributed by atoms with van der Waals surface area (Å²) in [5.74, 6) is -2.61. The highest BCUT2D eigenvalue weighted by Crippen LogP contribution is 2.16. The first-order chi connectivity index (χ1) is 25.9. The van der Waals surface area contributed by atoms with Crippen molar-refractivity contribution >= 4 is 23.8 Å². The van der Waals surface area contributed by atoms with E-state index in [4.69, 9.17) is 14.6 Å². The van der Waals surface area contributed by atoms with Gasteiger partial charge in [-0.15, -0.1) is 0 Å². The van der Waals surface area contributed by atoms with Crippen molar-refractivity contribution in [3.05, 3.63) is 0 Å². The molecule has 312 valence electrons. The largest absolute Gasteiger partial charge is 0.481 e. The second kappa shape index (κ2) is 41.1. The van der Waals surface area contributed by atoms with Crippen LogP contribution in [0, 0.1) is 0 Å². The molecule has 0 fully saturated rings. The zero-order valence-electron chi connectivity index (χ0n) is 34.8. The van der Waals surface area contributed by atoms with Gasteiger partial charge in [0.1, 0.15) is 6.04 Å². The fraction of sp³-hybridized carbons (Fsp3) is 0.911. The molecule has 1 atom stereocenters. The van der Waals surface area contributed by atoms with E-state index < -0.39 is 29.9 Å². The average molecular weight is 752 g/mol. The lowest BCUT2D eigenvalue weighted by Gasteiger charge is -2.17. The van der Waals surface area contributed by atoms with Crippen LogP contribution in [0.5, 0.6) is 0 Å². The number of rotatable bonds is 42. The molecule has 0 heterocycles. The van der Waals surface area contributed by atoms with Crippen LogP contribution >= 0.6 is 0 Å². The number of carboxylic acids is 1. The third-order valence-corrected chi connectivity index (χ3v) is 10.3. The van der Waals surface area contributed by atoms with E-state index >= 15 is 0 Å². The molecule has 0 aliphatic rings. The quantitative estimate of drug-likeness (QED) is 0.0471. The summed E-state index contributed by atoms with van der Waals surface area (Å²) in [6.07, 6.45) is 40.3. The fourth-order valence-corrected chi connectivity index (χ4v) is 6.83. The molecule has 8 heteroatoms. The van der Waals surface area contributed by atoms with Gasteiger partial charge >= 0.3 is 17.9 Å². The molecule has 8 nitrogen and oxygen atoms in total. The van der Waals surface area contributed by atoms with Gasteiger partial charge in [-0.1, -0.05) is 206 Å². The highest BCUT2D eigenvalue weighted by atomic mass is 16.5. The second-order valence-electron chi connectivity index (χ2n) is 15.5. The Labute approximate surface area is 326 Å². The van der Waals surface area contributed by atoms with Crippen molar-refractivity contribution in [1.29, 1.82) is 0 Å². The van der Waals surface area contributed by atoms with Crippen LogP contribution in [0.1, 0.15) is 245 Å². The molecule has 0 aromatic heterocycles. The van der Waals surface area contributed by atoms with Crippen molar-refractivity contribution in [3.8, 4) is 0 Å². The number of hydrogen-bond donors (Lipinski definition) is 2. The van der Waals surface area contributed by atoms with Gasteiger partial charge in [0.05, 0.1) is 19.6 Å². The Hall–Kier alpha value is -2.12. The number of carbonyl (C=O) groups is 4. The molecule has 0 aliphatic carbocycles. The fourth-order valence-electron chi connectivity index (χ4n) is 6.83. The maximum absolute atomic E-state index is 12.8. The van der Waals surface area contributed by atoms with Crippen LogP contribution in [-0.4, -0.2) is 48.2 Å². The third kappa shape index (κ3) is 39.4. The van der Waals surface area contributed by atoms with Gasteiger partial charge in [-0.2, -0.15) is 0 Å². The smallest absolute Gasteiger partial charge is 0.328 e. The average Bonchev–Trinajstić information content (AvgIpc) is 3.14. The molecule has 0 aromatic rings. The number of hydrogen-bond acceptors (Lipinski definition) is 6. The van der Waals surface area contributed by atoms with Crippen LogP contribution in [0.2, 0.25) is 0 Å². The summed E-state index contributed by atoms with van der Waals surface area (Å²) in [5, 5.41) is 11.5. The Kier molecular flexibility index (Phi) is 39.4. The number of aliphatic carboxylic acids is 1. The molecule has 0 saturated heterocycles. The lowest BCUT2D eigenvalue weighted by Crippen LogP contribution is -2.42. The van der Waals surface area contributed by atoms with Gasteiger partial charge in [-0.3, -0.25) is 14.4 Å². The molecular formula is C45H85NO7. The standard InChI is InChI=1S/C45H85NO7/c1-3-5-7-9-11-13-15-17-19-21-23-25-27-29-31-33-39-52-44(50)38-35-41(46-42(47)36-37-43(48)49)45(51)53-40-34-32-30-28-26-24-22-20-18-16-14-12-10-8-6-4-2/h41H,3-40H2,1-2H3,(H,46,47)(H,48,49)/t41-/m0/s1. The minimum atomic E-state index is -1.08. The predicted octanol–water partition coefficient (Wildman–Crippen LogP) is 12.7. The van der Waals surface area contributed by atoms with E-state index in [2.05, 4.69) is 19.2 Å². The summed E-state index contributed by atoms with van der Waals surface area (Å²) >= 11 is 0. The summed E-state index contributed by atoms with van der Waals surface area (Å²) in [7, 11) is 0. The molecule has 0 aromatic carbocycles. The Morgan fingerprint density at radius 2 is 0.755 bits per heavy atom. The topological polar surface area (TPSA) is 119 Å². The van der Waals surface area contributed by atoms with Crippen molar-refractivity contribution in [2.75, 3.05) is 13.2 Å². The first kappa shape index (κ1) is 50.9. The van der Waals surface area contributed by atoms with Crippen LogP contribution in [0.25, 0.3) is 0 Å². The highest BCUT2D eigenvalue weighted by Gasteiger charge is 2.24. The second-order valence-corrected chi connectivity index (χ2v) is 15.5. The molecule has 0 saturated carbocycles. The van der Waals surface area contributed by atoms with E-state index in [-0.39, 0.29) is 32.3 Å². The number of amides is 1. The summed E-state index contributed by atoms with van der Waals surface area (Å²) in [6.45, 7) is 5.15. The van der Waals surface area contributed by atoms with Crippen molar-refractivity contribution in [3.63, 3.8) is 0 Å². The van der Waals surface area contributed by atoms with Gasteiger partial charge in [-0.05, 0) is 19.3 Å². The first-order valence-electron chi connectivity index (χ1n) is 22.7. The van der Waals surface area contributed by atoms with E-state index in [0.717, 1.165) is 38.5 Å². The SMILES string of the molecule is CCCCCCCCCCCCCCCCCCOC(=O)CC[C@H](NC(=O)CCC(=O)O)C(=O)OCCCCCCCCCCCCCCCCCC. The van der Waals surface area contributed by atoms with E-state index in [1.54, 1.807) is 0 Å². The maximum atomic E-state index is 12.8. The number of esters is 2. The monoisotopic (exact) mass is 752 g/mol. The molecule has 2 N–H and O–H groups in total. The third-order valence-electron chi connectivity index (χ3n) is 10.3. The van der Waals surface area contributed by atoms with Crippen LogP contribution in [0.4, 0.5) is 0 Å². The molecule has 0 rings (SSSR count). The van der Waals surface area contributed by atoms with E-state index in [9.17, 15) is 19.2 Å². The van der Waals surface area contributed by atoms with E-state index in [1.165, 1.54) is 167 Å². The van der Waals surface area contributed by atoms with Crippen molar-refractivity contribution in [2.24, 2.45) is 0 Å². The van der Waals surface area contributed by atoms with Crippen LogP contribution in [0.3, 0.4) is 0 Å². The van der Waals surface area contributed by atoms with Gasteiger partial charge in [-0.25, -0.2) is 4.79 Å². The molecule has 0 bridgehead atoms. The highest BCUT2D eigenvalue weighted by molar-refractivity contribution is 5.86. The van der Waals surface area contributed by atoms with Gasteiger partial charge in [0.25, 0.3) is 0 Å². The zero-order chi connectivity index (χ0) is 38.9. The maximum Gasteiger partial charge on any atom is 0.328 e.